The van der Waals surface area contributed by atoms with Crippen molar-refractivity contribution in [2.24, 2.45) is 0 Å². The fourth-order valence-electron chi connectivity index (χ4n) is 2.09. The second-order valence-corrected chi connectivity index (χ2v) is 7.04. The average molecular weight is 300 g/mol. The standard InChI is InChI=1S/C14H24N2O3S/c1-5-14(4,8-9-17)16-20(18,19)13-11(3)10(2)6-7-12(13)15/h6-7,16-17H,5,8-9,15H2,1-4H3. The third-order valence-corrected chi connectivity index (χ3v) is 5.64. The zero-order chi connectivity index (χ0) is 15.6. The molecular formula is C14H24N2O3S. The van der Waals surface area contributed by atoms with Crippen LogP contribution in [0.5, 0.6) is 0 Å². The fraction of sp³-hybridized carbons (Fsp3) is 0.571. The molecule has 0 radical (unpaired) electrons. The Bertz CT molecular complexity index is 584. The lowest BCUT2D eigenvalue weighted by atomic mass is 9.97. The summed E-state index contributed by atoms with van der Waals surface area (Å²) in [7, 11) is -3.72. The topological polar surface area (TPSA) is 92.4 Å². The van der Waals surface area contributed by atoms with Gasteiger partial charge in [0.15, 0.2) is 0 Å². The Kier molecular flexibility index (Phi) is 5.18. The Morgan fingerprint density at radius 1 is 1.35 bits per heavy atom. The van der Waals surface area contributed by atoms with Crippen LogP contribution >= 0.6 is 0 Å². The fourth-order valence-corrected chi connectivity index (χ4v) is 4.03. The molecule has 0 amide bonds. The molecule has 1 unspecified atom stereocenters. The number of hydrogen-bond acceptors (Lipinski definition) is 4. The zero-order valence-corrected chi connectivity index (χ0v) is 13.3. The monoisotopic (exact) mass is 300 g/mol. The molecule has 0 aliphatic rings. The van der Waals surface area contributed by atoms with Crippen molar-refractivity contribution in [3.05, 3.63) is 23.3 Å². The van der Waals surface area contributed by atoms with Gasteiger partial charge in [-0.3, -0.25) is 0 Å². The largest absolute Gasteiger partial charge is 0.398 e. The Morgan fingerprint density at radius 2 is 1.95 bits per heavy atom. The van der Waals surface area contributed by atoms with Gasteiger partial charge in [-0.2, -0.15) is 0 Å². The number of nitrogen functional groups attached to an aromatic ring is 1. The molecule has 114 valence electrons. The van der Waals surface area contributed by atoms with Gasteiger partial charge >= 0.3 is 0 Å². The predicted molar refractivity (Wildman–Crippen MR) is 81.0 cm³/mol. The van der Waals surface area contributed by atoms with Crippen LogP contribution in [0.15, 0.2) is 17.0 Å². The highest BCUT2D eigenvalue weighted by atomic mass is 32.2. The van der Waals surface area contributed by atoms with Crippen LogP contribution in [0.25, 0.3) is 0 Å². The van der Waals surface area contributed by atoms with Crippen LogP contribution in [0.3, 0.4) is 0 Å². The number of aliphatic hydroxyl groups excluding tert-OH is 1. The van der Waals surface area contributed by atoms with Gasteiger partial charge in [-0.25, -0.2) is 13.1 Å². The molecule has 0 bridgehead atoms. The molecule has 0 fully saturated rings. The van der Waals surface area contributed by atoms with Gasteiger partial charge in [0.2, 0.25) is 10.0 Å². The number of nitrogens with one attached hydrogen (secondary N) is 1. The molecule has 0 saturated carbocycles. The molecule has 6 heteroatoms. The normalized spacial score (nSPS) is 15.1. The summed E-state index contributed by atoms with van der Waals surface area (Å²) in [5.74, 6) is 0. The molecule has 0 aromatic heterocycles. The predicted octanol–water partition coefficient (Wildman–Crippen LogP) is 1.72. The minimum atomic E-state index is -3.72. The van der Waals surface area contributed by atoms with E-state index in [1.165, 1.54) is 0 Å². The number of sulfonamides is 1. The van der Waals surface area contributed by atoms with Gasteiger partial charge < -0.3 is 10.8 Å². The maximum atomic E-state index is 12.6. The van der Waals surface area contributed by atoms with Crippen LogP contribution in [0.4, 0.5) is 5.69 Å². The second kappa shape index (κ2) is 6.11. The van der Waals surface area contributed by atoms with Crippen molar-refractivity contribution in [1.29, 1.82) is 0 Å². The summed E-state index contributed by atoms with van der Waals surface area (Å²) in [5.41, 5.74) is 6.92. The Morgan fingerprint density at radius 3 is 2.45 bits per heavy atom. The van der Waals surface area contributed by atoms with Crippen molar-refractivity contribution in [2.75, 3.05) is 12.3 Å². The average Bonchev–Trinajstić information content (AvgIpc) is 2.33. The van der Waals surface area contributed by atoms with Crippen LogP contribution in [0.1, 0.15) is 37.8 Å². The molecule has 1 aromatic carbocycles. The van der Waals surface area contributed by atoms with E-state index in [4.69, 9.17) is 10.8 Å². The molecule has 0 aliphatic carbocycles. The summed E-state index contributed by atoms with van der Waals surface area (Å²) in [6.45, 7) is 7.18. The Hall–Kier alpha value is -1.11. The molecule has 1 rings (SSSR count). The first-order valence-corrected chi connectivity index (χ1v) is 8.15. The van der Waals surface area contributed by atoms with E-state index in [1.807, 2.05) is 13.8 Å². The summed E-state index contributed by atoms with van der Waals surface area (Å²) in [6.07, 6.45) is 0.936. The molecule has 5 nitrogen and oxygen atoms in total. The van der Waals surface area contributed by atoms with Crippen molar-refractivity contribution in [3.8, 4) is 0 Å². The summed E-state index contributed by atoms with van der Waals surface area (Å²) in [5, 5.41) is 9.09. The smallest absolute Gasteiger partial charge is 0.243 e. The number of nitrogens with two attached hydrogens (primary N) is 1. The highest BCUT2D eigenvalue weighted by Crippen LogP contribution is 2.27. The molecule has 4 N–H and O–H groups in total. The van der Waals surface area contributed by atoms with Crippen molar-refractivity contribution in [1.82, 2.24) is 4.72 Å². The molecule has 0 saturated heterocycles. The third kappa shape index (κ3) is 3.50. The van der Waals surface area contributed by atoms with Crippen LogP contribution in [0, 0.1) is 13.8 Å². The van der Waals surface area contributed by atoms with Crippen LogP contribution in [-0.2, 0) is 10.0 Å². The summed E-state index contributed by atoms with van der Waals surface area (Å²) >= 11 is 0. The van der Waals surface area contributed by atoms with E-state index in [2.05, 4.69) is 4.72 Å². The van der Waals surface area contributed by atoms with Gasteiger partial charge in [0.1, 0.15) is 4.90 Å². The highest BCUT2D eigenvalue weighted by molar-refractivity contribution is 7.89. The minimum absolute atomic E-state index is 0.0743. The second-order valence-electron chi connectivity index (χ2n) is 5.42. The van der Waals surface area contributed by atoms with Crippen molar-refractivity contribution in [3.63, 3.8) is 0 Å². The maximum Gasteiger partial charge on any atom is 0.243 e. The van der Waals surface area contributed by atoms with Gasteiger partial charge in [-0.1, -0.05) is 13.0 Å². The number of hydrogen-bond donors (Lipinski definition) is 3. The summed E-state index contributed by atoms with van der Waals surface area (Å²) in [4.78, 5) is 0.134. The van der Waals surface area contributed by atoms with Crippen molar-refractivity contribution < 1.29 is 13.5 Å². The van der Waals surface area contributed by atoms with E-state index in [1.54, 1.807) is 26.0 Å². The van der Waals surface area contributed by atoms with Gasteiger partial charge in [0.05, 0.1) is 5.69 Å². The van der Waals surface area contributed by atoms with E-state index in [9.17, 15) is 8.42 Å². The number of benzene rings is 1. The molecule has 1 aromatic rings. The number of aliphatic hydroxyl groups is 1. The first-order valence-electron chi connectivity index (χ1n) is 6.67. The number of aryl methyl sites for hydroxylation is 1. The lowest BCUT2D eigenvalue weighted by Crippen LogP contribution is -2.46. The molecule has 0 spiro atoms. The van der Waals surface area contributed by atoms with Crippen LogP contribution in [-0.4, -0.2) is 25.7 Å². The quantitative estimate of drug-likeness (QED) is 0.697. The van der Waals surface area contributed by atoms with E-state index in [0.717, 1.165) is 5.56 Å². The lowest BCUT2D eigenvalue weighted by molar-refractivity contribution is 0.233. The van der Waals surface area contributed by atoms with Crippen molar-refractivity contribution in [2.45, 2.75) is 51.0 Å². The first kappa shape index (κ1) is 16.9. The Balaban J connectivity index is 3.28. The van der Waals surface area contributed by atoms with Crippen LogP contribution in [0.2, 0.25) is 0 Å². The van der Waals surface area contributed by atoms with Gasteiger partial charge in [0.25, 0.3) is 0 Å². The first-order chi connectivity index (χ1) is 9.17. The lowest BCUT2D eigenvalue weighted by Gasteiger charge is -2.29. The summed E-state index contributed by atoms with van der Waals surface area (Å²) in [6, 6.07) is 3.41. The van der Waals surface area contributed by atoms with Gasteiger partial charge in [-0.15, -0.1) is 0 Å². The molecule has 0 aliphatic heterocycles. The van der Waals surface area contributed by atoms with E-state index in [0.29, 0.717) is 18.4 Å². The molecular weight excluding hydrogens is 276 g/mol. The van der Waals surface area contributed by atoms with E-state index in [-0.39, 0.29) is 17.2 Å². The summed E-state index contributed by atoms with van der Waals surface area (Å²) < 4.78 is 27.9. The third-order valence-electron chi connectivity index (χ3n) is 3.80. The molecule has 1 atom stereocenters. The number of rotatable bonds is 6. The maximum absolute atomic E-state index is 12.6. The van der Waals surface area contributed by atoms with Gasteiger partial charge in [0, 0.05) is 12.1 Å². The van der Waals surface area contributed by atoms with E-state index >= 15 is 0 Å². The Labute approximate surface area is 121 Å². The molecule has 20 heavy (non-hydrogen) atoms. The minimum Gasteiger partial charge on any atom is -0.398 e. The zero-order valence-electron chi connectivity index (χ0n) is 12.5. The molecule has 0 heterocycles. The SMILES string of the molecule is CCC(C)(CCO)NS(=O)(=O)c1c(N)ccc(C)c1C. The van der Waals surface area contributed by atoms with E-state index < -0.39 is 15.6 Å². The van der Waals surface area contributed by atoms with Gasteiger partial charge in [-0.05, 0) is 50.8 Å². The highest BCUT2D eigenvalue weighted by Gasteiger charge is 2.31. The number of anilines is 1. The van der Waals surface area contributed by atoms with Crippen molar-refractivity contribution >= 4 is 15.7 Å². The van der Waals surface area contributed by atoms with Crippen LogP contribution < -0.4 is 10.5 Å².